The van der Waals surface area contributed by atoms with Crippen LogP contribution in [0.15, 0.2) is 42.5 Å². The van der Waals surface area contributed by atoms with Gasteiger partial charge in [-0.1, -0.05) is 11.6 Å². The predicted octanol–water partition coefficient (Wildman–Crippen LogP) is 2.12. The summed E-state index contributed by atoms with van der Waals surface area (Å²) < 4.78 is 10.5. The van der Waals surface area contributed by atoms with Gasteiger partial charge >= 0.3 is 11.9 Å². The van der Waals surface area contributed by atoms with Gasteiger partial charge in [-0.05, 0) is 50.4 Å². The van der Waals surface area contributed by atoms with E-state index in [0.29, 0.717) is 27.9 Å². The average Bonchev–Trinajstić information content (AvgIpc) is 3.23. The molecular formula is C21H22ClN3O8. The Morgan fingerprint density at radius 2 is 1.55 bits per heavy atom. The highest BCUT2D eigenvalue weighted by Crippen LogP contribution is 2.34. The second kappa shape index (κ2) is 11.7. The molecule has 11 nitrogen and oxygen atoms in total. The Hall–Kier alpha value is -3.83. The summed E-state index contributed by atoms with van der Waals surface area (Å²) in [5.74, 6) is -2.85. The summed E-state index contributed by atoms with van der Waals surface area (Å²) in [6.07, 6.45) is 0. The highest BCUT2D eigenvalue weighted by Gasteiger charge is 2.21. The van der Waals surface area contributed by atoms with Crippen molar-refractivity contribution < 1.29 is 38.9 Å². The van der Waals surface area contributed by atoms with Crippen molar-refractivity contribution in [2.24, 2.45) is 0 Å². The van der Waals surface area contributed by atoms with Crippen molar-refractivity contribution in [3.8, 4) is 11.5 Å². The van der Waals surface area contributed by atoms with Gasteiger partial charge in [0.25, 0.3) is 0 Å². The summed E-state index contributed by atoms with van der Waals surface area (Å²) in [5.41, 5.74) is 1.25. The van der Waals surface area contributed by atoms with Crippen LogP contribution in [-0.2, 0) is 19.2 Å². The predicted molar refractivity (Wildman–Crippen MR) is 119 cm³/mol. The maximum absolute atomic E-state index is 12.5. The van der Waals surface area contributed by atoms with Crippen LogP contribution in [0, 0.1) is 0 Å². The zero-order chi connectivity index (χ0) is 24.5. The number of halogens is 1. The van der Waals surface area contributed by atoms with Gasteiger partial charge in [0.05, 0.1) is 12.6 Å². The molecule has 3 rings (SSSR count). The largest absolute Gasteiger partial charge is 0.473 e. The van der Waals surface area contributed by atoms with E-state index in [4.69, 9.17) is 40.9 Å². The van der Waals surface area contributed by atoms with Crippen LogP contribution < -0.4 is 20.1 Å². The second-order valence-corrected chi connectivity index (χ2v) is 7.25. The van der Waals surface area contributed by atoms with E-state index in [1.165, 1.54) is 0 Å². The molecule has 1 aliphatic heterocycles. The standard InChI is InChI=1S/C19H20ClN3O4.C2H2O4/c1-12(19(25)22-15-7-8-16-17(9-15)27-11-26-16)23(2)10-18(24)21-14-5-3-13(20)4-6-14;3-1(4)2(5)6/h3-9,12H,10-11H2,1-2H3,(H,21,24)(H,22,25);(H,3,4)(H,5,6). The molecule has 0 saturated carbocycles. The monoisotopic (exact) mass is 479 g/mol. The smallest absolute Gasteiger partial charge is 0.414 e. The first-order valence-corrected chi connectivity index (χ1v) is 9.87. The van der Waals surface area contributed by atoms with E-state index >= 15 is 0 Å². The van der Waals surface area contributed by atoms with Crippen LogP contribution in [0.4, 0.5) is 11.4 Å². The number of ether oxygens (including phenoxy) is 2. The molecule has 1 atom stereocenters. The molecule has 1 aliphatic rings. The Balaban J connectivity index is 0.000000569. The molecule has 176 valence electrons. The number of amides is 2. The number of benzene rings is 2. The van der Waals surface area contributed by atoms with Crippen LogP contribution in [-0.4, -0.2) is 65.3 Å². The number of fused-ring (bicyclic) bond motifs is 1. The zero-order valence-corrected chi connectivity index (χ0v) is 18.5. The molecule has 0 aromatic heterocycles. The van der Waals surface area contributed by atoms with Gasteiger partial charge in [0.15, 0.2) is 11.5 Å². The van der Waals surface area contributed by atoms with Crippen LogP contribution in [0.25, 0.3) is 0 Å². The minimum absolute atomic E-state index is 0.0678. The molecule has 2 aromatic carbocycles. The maximum atomic E-state index is 12.5. The third-order valence-corrected chi connectivity index (χ3v) is 4.64. The third-order valence-electron chi connectivity index (χ3n) is 4.38. The lowest BCUT2D eigenvalue weighted by atomic mass is 10.2. The van der Waals surface area contributed by atoms with Crippen LogP contribution in [0.2, 0.25) is 5.02 Å². The molecule has 1 heterocycles. The number of anilines is 2. The van der Waals surface area contributed by atoms with Crippen molar-refractivity contribution >= 4 is 46.7 Å². The average molecular weight is 480 g/mol. The summed E-state index contributed by atoms with van der Waals surface area (Å²) in [6, 6.07) is 11.5. The number of nitrogens with zero attached hydrogens (tertiary/aromatic N) is 1. The topological polar surface area (TPSA) is 154 Å². The molecule has 4 N–H and O–H groups in total. The molecule has 0 radical (unpaired) electrons. The highest BCUT2D eigenvalue weighted by molar-refractivity contribution is 6.30. The highest BCUT2D eigenvalue weighted by atomic mass is 35.5. The summed E-state index contributed by atoms with van der Waals surface area (Å²) in [5, 5.41) is 21.0. The van der Waals surface area contributed by atoms with Gasteiger partial charge in [-0.2, -0.15) is 0 Å². The molecule has 33 heavy (non-hydrogen) atoms. The third kappa shape index (κ3) is 7.98. The van der Waals surface area contributed by atoms with Crippen molar-refractivity contribution in [2.75, 3.05) is 31.0 Å². The summed E-state index contributed by atoms with van der Waals surface area (Å²) in [7, 11) is 1.71. The minimum Gasteiger partial charge on any atom is -0.473 e. The van der Waals surface area contributed by atoms with Crippen LogP contribution in [0.5, 0.6) is 11.5 Å². The molecule has 2 amide bonds. The Bertz CT molecular complexity index is 1020. The maximum Gasteiger partial charge on any atom is 0.414 e. The fourth-order valence-electron chi connectivity index (χ4n) is 2.52. The van der Waals surface area contributed by atoms with Crippen molar-refractivity contribution in [1.82, 2.24) is 4.90 Å². The fourth-order valence-corrected chi connectivity index (χ4v) is 2.64. The van der Waals surface area contributed by atoms with Crippen molar-refractivity contribution in [3.05, 3.63) is 47.5 Å². The normalized spacial score (nSPS) is 12.2. The molecular weight excluding hydrogens is 458 g/mol. The van der Waals surface area contributed by atoms with E-state index in [0.717, 1.165) is 0 Å². The first kappa shape index (κ1) is 25.4. The van der Waals surface area contributed by atoms with Gasteiger partial charge in [-0.25, -0.2) is 9.59 Å². The van der Waals surface area contributed by atoms with E-state index in [-0.39, 0.29) is 25.2 Å². The molecule has 0 aliphatic carbocycles. The van der Waals surface area contributed by atoms with Gasteiger partial charge in [0.2, 0.25) is 18.6 Å². The first-order valence-electron chi connectivity index (χ1n) is 9.49. The van der Waals surface area contributed by atoms with Gasteiger partial charge in [-0.3, -0.25) is 14.5 Å². The lowest BCUT2D eigenvalue weighted by molar-refractivity contribution is -0.159. The van der Waals surface area contributed by atoms with E-state index in [9.17, 15) is 9.59 Å². The Morgan fingerprint density at radius 3 is 2.15 bits per heavy atom. The van der Waals surface area contributed by atoms with E-state index in [1.807, 2.05) is 0 Å². The van der Waals surface area contributed by atoms with E-state index in [1.54, 1.807) is 61.3 Å². The molecule has 0 fully saturated rings. The fraction of sp³-hybridized carbons (Fsp3) is 0.238. The number of carbonyl (C=O) groups excluding carboxylic acids is 2. The Labute approximate surface area is 193 Å². The Kier molecular flexibility index (Phi) is 9.01. The van der Waals surface area contributed by atoms with Crippen molar-refractivity contribution in [1.29, 1.82) is 0 Å². The molecule has 0 bridgehead atoms. The number of carboxylic acid groups (broad SMARTS) is 2. The molecule has 0 spiro atoms. The minimum atomic E-state index is -1.82. The van der Waals surface area contributed by atoms with Crippen molar-refractivity contribution in [3.63, 3.8) is 0 Å². The van der Waals surface area contributed by atoms with Gasteiger partial charge < -0.3 is 30.3 Å². The number of carboxylic acids is 2. The zero-order valence-electron chi connectivity index (χ0n) is 17.7. The SMILES string of the molecule is CC(C(=O)Nc1ccc2c(c1)OCO2)N(C)CC(=O)Nc1ccc(Cl)cc1.O=C(O)C(=O)O. The van der Waals surface area contributed by atoms with Gasteiger partial charge in [0.1, 0.15) is 0 Å². The lowest BCUT2D eigenvalue weighted by Crippen LogP contribution is -2.43. The number of hydrogen-bond donors (Lipinski definition) is 4. The molecule has 12 heteroatoms. The summed E-state index contributed by atoms with van der Waals surface area (Å²) in [4.78, 5) is 44.5. The molecule has 0 saturated heterocycles. The molecule has 1 unspecified atom stereocenters. The van der Waals surface area contributed by atoms with E-state index in [2.05, 4.69) is 10.6 Å². The summed E-state index contributed by atoms with van der Waals surface area (Å²) in [6.45, 7) is 1.98. The number of rotatable bonds is 6. The van der Waals surface area contributed by atoms with Crippen molar-refractivity contribution in [2.45, 2.75) is 13.0 Å². The number of hydrogen-bond acceptors (Lipinski definition) is 7. The number of aliphatic carboxylic acids is 2. The second-order valence-electron chi connectivity index (χ2n) is 6.81. The number of likely N-dealkylation sites (N-methyl/N-ethyl adjacent to an activating group) is 1. The van der Waals surface area contributed by atoms with E-state index < -0.39 is 18.0 Å². The Morgan fingerprint density at radius 1 is 0.970 bits per heavy atom. The summed E-state index contributed by atoms with van der Waals surface area (Å²) >= 11 is 5.83. The van der Waals surface area contributed by atoms with Gasteiger partial charge in [0, 0.05) is 22.5 Å². The van der Waals surface area contributed by atoms with Crippen LogP contribution in [0.1, 0.15) is 6.92 Å². The van der Waals surface area contributed by atoms with Crippen LogP contribution >= 0.6 is 11.6 Å². The first-order chi connectivity index (χ1) is 15.6. The van der Waals surface area contributed by atoms with Crippen LogP contribution in [0.3, 0.4) is 0 Å². The number of nitrogens with one attached hydrogen (secondary N) is 2. The molecule has 2 aromatic rings. The quantitative estimate of drug-likeness (QED) is 0.456. The van der Waals surface area contributed by atoms with Gasteiger partial charge in [-0.15, -0.1) is 0 Å². The lowest BCUT2D eigenvalue weighted by Gasteiger charge is -2.23. The number of carbonyl (C=O) groups is 4.